The molecule has 0 amide bonds. The summed E-state index contributed by atoms with van der Waals surface area (Å²) in [5.74, 6) is 0. The molecule has 4 heteroatoms. The van der Waals surface area contributed by atoms with Crippen LogP contribution in [0.5, 0.6) is 0 Å². The maximum absolute atomic E-state index is 9.77. The summed E-state index contributed by atoms with van der Waals surface area (Å²) in [6.07, 6.45) is -0.498. The number of hydrogen-bond donors (Lipinski definition) is 2. The van der Waals surface area contributed by atoms with Gasteiger partial charge in [-0.2, -0.15) is 0 Å². The first kappa shape index (κ1) is 14.3. The summed E-state index contributed by atoms with van der Waals surface area (Å²) in [5.41, 5.74) is 1.02. The van der Waals surface area contributed by atoms with E-state index in [2.05, 4.69) is 33.4 Å². The topological polar surface area (TPSA) is 41.5 Å². The number of nitrogens with one attached hydrogen (secondary N) is 1. The predicted octanol–water partition coefficient (Wildman–Crippen LogP) is 3.41. The molecule has 0 spiro atoms. The molecule has 0 aliphatic heterocycles. The van der Waals surface area contributed by atoms with Crippen LogP contribution in [0.15, 0.2) is 40.9 Å². The summed E-state index contributed by atoms with van der Waals surface area (Å²) in [6, 6.07) is 12.2. The molecule has 1 atom stereocenters. The van der Waals surface area contributed by atoms with Gasteiger partial charge in [0.2, 0.25) is 0 Å². The number of halogens is 1. The second kappa shape index (κ2) is 6.89. The molecule has 2 aromatic rings. The number of benzene rings is 2. The molecule has 2 N–H and O–H groups in total. The third kappa shape index (κ3) is 3.69. The molecule has 0 saturated carbocycles. The van der Waals surface area contributed by atoms with Crippen molar-refractivity contribution in [2.24, 2.45) is 0 Å². The minimum Gasteiger partial charge on any atom is -0.389 e. The van der Waals surface area contributed by atoms with Gasteiger partial charge in [0, 0.05) is 28.7 Å². The normalized spacial score (nSPS) is 12.6. The molecule has 3 nitrogen and oxygen atoms in total. The quantitative estimate of drug-likeness (QED) is 0.856. The van der Waals surface area contributed by atoms with Crippen LogP contribution < -0.4 is 5.32 Å². The SMILES string of the molecule is CCOCC(O)CNc1ccc(Br)c2ccccc12. The fraction of sp³-hybridized carbons (Fsp3) is 0.333. The second-order valence-corrected chi connectivity index (χ2v) is 5.19. The number of hydrogen-bond acceptors (Lipinski definition) is 3. The third-order valence-corrected chi connectivity index (χ3v) is 3.60. The predicted molar refractivity (Wildman–Crippen MR) is 82.6 cm³/mol. The molecular weight excluding hydrogens is 306 g/mol. The van der Waals surface area contributed by atoms with Crippen molar-refractivity contribution in [1.82, 2.24) is 0 Å². The summed E-state index contributed by atoms with van der Waals surface area (Å²) in [4.78, 5) is 0. The minimum atomic E-state index is -0.498. The van der Waals surface area contributed by atoms with Crippen molar-refractivity contribution in [1.29, 1.82) is 0 Å². The highest BCUT2D eigenvalue weighted by Gasteiger charge is 2.07. The first-order valence-corrected chi connectivity index (χ1v) is 7.18. The maximum atomic E-state index is 9.77. The van der Waals surface area contributed by atoms with Gasteiger partial charge in [0.1, 0.15) is 0 Å². The molecule has 0 saturated heterocycles. The molecule has 2 rings (SSSR count). The molecule has 0 aromatic heterocycles. The monoisotopic (exact) mass is 323 g/mol. The molecule has 0 radical (unpaired) electrons. The van der Waals surface area contributed by atoms with Crippen molar-refractivity contribution in [3.8, 4) is 0 Å². The van der Waals surface area contributed by atoms with E-state index in [0.29, 0.717) is 19.8 Å². The van der Waals surface area contributed by atoms with E-state index >= 15 is 0 Å². The fourth-order valence-electron chi connectivity index (χ4n) is 1.96. The van der Waals surface area contributed by atoms with Crippen LogP contribution in [0.25, 0.3) is 10.8 Å². The van der Waals surface area contributed by atoms with E-state index in [4.69, 9.17) is 4.74 Å². The van der Waals surface area contributed by atoms with Crippen LogP contribution in [0.2, 0.25) is 0 Å². The highest BCUT2D eigenvalue weighted by molar-refractivity contribution is 9.10. The Morgan fingerprint density at radius 1 is 1.21 bits per heavy atom. The van der Waals surface area contributed by atoms with Gasteiger partial charge in [-0.3, -0.25) is 0 Å². The Morgan fingerprint density at radius 2 is 1.95 bits per heavy atom. The van der Waals surface area contributed by atoms with Crippen molar-refractivity contribution in [2.75, 3.05) is 25.1 Å². The molecule has 0 aliphatic carbocycles. The average molecular weight is 324 g/mol. The van der Waals surface area contributed by atoms with Gasteiger partial charge in [-0.1, -0.05) is 40.2 Å². The lowest BCUT2D eigenvalue weighted by molar-refractivity contribution is 0.0496. The van der Waals surface area contributed by atoms with Gasteiger partial charge in [0.15, 0.2) is 0 Å². The first-order chi connectivity index (χ1) is 9.22. The Hall–Kier alpha value is -1.10. The van der Waals surface area contributed by atoms with Gasteiger partial charge in [-0.15, -0.1) is 0 Å². The lowest BCUT2D eigenvalue weighted by Crippen LogP contribution is -2.24. The number of aliphatic hydroxyl groups is 1. The summed E-state index contributed by atoms with van der Waals surface area (Å²) >= 11 is 3.55. The summed E-state index contributed by atoms with van der Waals surface area (Å²) < 4.78 is 6.27. The van der Waals surface area contributed by atoms with Crippen molar-refractivity contribution in [3.05, 3.63) is 40.9 Å². The van der Waals surface area contributed by atoms with Gasteiger partial charge in [0.25, 0.3) is 0 Å². The number of anilines is 1. The molecule has 0 heterocycles. The Balaban J connectivity index is 2.11. The van der Waals surface area contributed by atoms with Crippen molar-refractivity contribution in [2.45, 2.75) is 13.0 Å². The average Bonchev–Trinajstić information content (AvgIpc) is 2.45. The first-order valence-electron chi connectivity index (χ1n) is 6.39. The lowest BCUT2D eigenvalue weighted by Gasteiger charge is -2.14. The Labute approximate surface area is 121 Å². The van der Waals surface area contributed by atoms with E-state index in [1.807, 2.05) is 31.2 Å². The van der Waals surface area contributed by atoms with Gasteiger partial charge in [-0.05, 0) is 24.4 Å². The van der Waals surface area contributed by atoms with Gasteiger partial charge >= 0.3 is 0 Å². The summed E-state index contributed by atoms with van der Waals surface area (Å²) in [5, 5.41) is 15.3. The summed E-state index contributed by atoms with van der Waals surface area (Å²) in [6.45, 7) is 3.38. The standard InChI is InChI=1S/C15H18BrNO2/c1-2-19-10-11(18)9-17-15-8-7-14(16)12-5-3-4-6-13(12)15/h3-8,11,17-18H,2,9-10H2,1H3. The molecule has 0 bridgehead atoms. The van der Waals surface area contributed by atoms with Crippen LogP contribution in [-0.4, -0.2) is 31.0 Å². The van der Waals surface area contributed by atoms with Crippen molar-refractivity contribution in [3.63, 3.8) is 0 Å². The van der Waals surface area contributed by atoms with E-state index in [1.54, 1.807) is 0 Å². The highest BCUT2D eigenvalue weighted by atomic mass is 79.9. The zero-order valence-corrected chi connectivity index (χ0v) is 12.5. The van der Waals surface area contributed by atoms with Crippen molar-refractivity contribution < 1.29 is 9.84 Å². The van der Waals surface area contributed by atoms with Crippen LogP contribution in [0.1, 0.15) is 6.92 Å². The molecular formula is C15H18BrNO2. The Bertz CT molecular complexity index is 545. The molecule has 19 heavy (non-hydrogen) atoms. The third-order valence-electron chi connectivity index (χ3n) is 2.91. The van der Waals surface area contributed by atoms with E-state index in [9.17, 15) is 5.11 Å². The summed E-state index contributed by atoms with van der Waals surface area (Å²) in [7, 11) is 0. The second-order valence-electron chi connectivity index (χ2n) is 4.33. The largest absolute Gasteiger partial charge is 0.389 e. The van der Waals surface area contributed by atoms with E-state index in [0.717, 1.165) is 20.9 Å². The lowest BCUT2D eigenvalue weighted by atomic mass is 10.1. The zero-order valence-electron chi connectivity index (χ0n) is 10.9. The van der Waals surface area contributed by atoms with Crippen LogP contribution in [0.4, 0.5) is 5.69 Å². The highest BCUT2D eigenvalue weighted by Crippen LogP contribution is 2.29. The van der Waals surface area contributed by atoms with Gasteiger partial charge in [-0.25, -0.2) is 0 Å². The smallest absolute Gasteiger partial charge is 0.0945 e. The Kier molecular flexibility index (Phi) is 5.19. The molecule has 1 unspecified atom stereocenters. The minimum absolute atomic E-state index is 0.359. The van der Waals surface area contributed by atoms with Crippen LogP contribution in [-0.2, 0) is 4.74 Å². The number of rotatable bonds is 6. The van der Waals surface area contributed by atoms with Gasteiger partial charge in [0.05, 0.1) is 12.7 Å². The molecule has 2 aromatic carbocycles. The number of ether oxygens (including phenoxy) is 1. The maximum Gasteiger partial charge on any atom is 0.0945 e. The molecule has 102 valence electrons. The number of aliphatic hydroxyl groups excluding tert-OH is 1. The molecule has 0 fully saturated rings. The zero-order chi connectivity index (χ0) is 13.7. The number of fused-ring (bicyclic) bond motifs is 1. The fourth-order valence-corrected chi connectivity index (χ4v) is 2.43. The van der Waals surface area contributed by atoms with Crippen LogP contribution in [0.3, 0.4) is 0 Å². The van der Waals surface area contributed by atoms with Gasteiger partial charge < -0.3 is 15.2 Å². The van der Waals surface area contributed by atoms with E-state index in [-0.39, 0.29) is 0 Å². The Morgan fingerprint density at radius 3 is 2.68 bits per heavy atom. The van der Waals surface area contributed by atoms with Crippen LogP contribution >= 0.6 is 15.9 Å². The molecule has 0 aliphatic rings. The van der Waals surface area contributed by atoms with Crippen molar-refractivity contribution >= 4 is 32.4 Å². The van der Waals surface area contributed by atoms with Crippen LogP contribution in [0, 0.1) is 0 Å². The van der Waals surface area contributed by atoms with E-state index < -0.39 is 6.10 Å². The van der Waals surface area contributed by atoms with E-state index in [1.165, 1.54) is 0 Å².